The first-order chi connectivity index (χ1) is 8.16. The minimum atomic E-state index is -0.698. The maximum Gasteiger partial charge on any atom is 0.233 e. The van der Waals surface area contributed by atoms with Gasteiger partial charge in [-0.15, -0.1) is 11.3 Å². The second-order valence-electron chi connectivity index (χ2n) is 4.17. The van der Waals surface area contributed by atoms with E-state index in [4.69, 9.17) is 4.74 Å². The number of halogens is 1. The molecule has 0 unspecified atom stereocenters. The molecule has 1 fully saturated rings. The van der Waals surface area contributed by atoms with Crippen molar-refractivity contribution in [3.63, 3.8) is 0 Å². The monoisotopic (exact) mass is 319 g/mol. The highest BCUT2D eigenvalue weighted by Crippen LogP contribution is 2.26. The average molecular weight is 320 g/mol. The zero-order valence-electron chi connectivity index (χ0n) is 9.24. The highest BCUT2D eigenvalue weighted by atomic mass is 79.9. The molecule has 1 aliphatic rings. The number of rotatable bonds is 5. The van der Waals surface area contributed by atoms with Crippen molar-refractivity contribution in [1.29, 1.82) is 0 Å². The Labute approximate surface area is 112 Å². The number of amides is 1. The fourth-order valence-electron chi connectivity index (χ4n) is 1.61. The van der Waals surface area contributed by atoms with Crippen LogP contribution < -0.4 is 5.32 Å². The summed E-state index contributed by atoms with van der Waals surface area (Å²) in [5.41, 5.74) is -0.698. The number of hydrogen-bond acceptors (Lipinski definition) is 4. The molecule has 2 N–H and O–H groups in total. The number of carbonyl (C=O) groups is 1. The second-order valence-corrected chi connectivity index (χ2v) is 6.08. The van der Waals surface area contributed by atoms with Crippen LogP contribution in [0.2, 0.25) is 0 Å². The van der Waals surface area contributed by atoms with Gasteiger partial charge in [-0.3, -0.25) is 4.79 Å². The topological polar surface area (TPSA) is 58.6 Å². The number of thiophene rings is 1. The predicted octanol–water partition coefficient (Wildman–Crippen LogP) is 1.18. The molecule has 1 saturated heterocycles. The van der Waals surface area contributed by atoms with E-state index in [0.717, 1.165) is 10.9 Å². The molecule has 0 spiro atoms. The maximum atomic E-state index is 11.8. The third-order valence-electron chi connectivity index (χ3n) is 2.82. The van der Waals surface area contributed by atoms with Crippen LogP contribution in [0.4, 0.5) is 0 Å². The molecule has 4 nitrogen and oxygen atoms in total. The minimum absolute atomic E-state index is 0.109. The summed E-state index contributed by atoms with van der Waals surface area (Å²) in [6, 6.07) is 2.05. The smallest absolute Gasteiger partial charge is 0.233 e. The van der Waals surface area contributed by atoms with E-state index >= 15 is 0 Å². The van der Waals surface area contributed by atoms with Gasteiger partial charge >= 0.3 is 0 Å². The normalized spacial score (nSPS) is 17.5. The summed E-state index contributed by atoms with van der Waals surface area (Å²) in [5, 5.41) is 14.0. The van der Waals surface area contributed by atoms with Gasteiger partial charge in [-0.1, -0.05) is 0 Å². The molecule has 2 heterocycles. The summed E-state index contributed by atoms with van der Waals surface area (Å²) >= 11 is 5.05. The van der Waals surface area contributed by atoms with E-state index in [1.54, 1.807) is 11.3 Å². The number of hydrogen-bond donors (Lipinski definition) is 2. The number of aliphatic hydroxyl groups excluding tert-OH is 1. The van der Waals surface area contributed by atoms with Crippen LogP contribution in [0.5, 0.6) is 0 Å². The Morgan fingerprint density at radius 3 is 2.88 bits per heavy atom. The van der Waals surface area contributed by atoms with E-state index in [9.17, 15) is 9.90 Å². The Kier molecular flexibility index (Phi) is 4.19. The van der Waals surface area contributed by atoms with Gasteiger partial charge in [-0.05, 0) is 28.4 Å². The number of ether oxygens (including phenoxy) is 1. The second kappa shape index (κ2) is 5.48. The molecule has 0 saturated carbocycles. The zero-order valence-corrected chi connectivity index (χ0v) is 11.6. The molecule has 1 aromatic heterocycles. The van der Waals surface area contributed by atoms with Gasteiger partial charge in [-0.2, -0.15) is 0 Å². The molecule has 17 heavy (non-hydrogen) atoms. The molecule has 1 aromatic rings. The van der Waals surface area contributed by atoms with E-state index in [2.05, 4.69) is 21.2 Å². The van der Waals surface area contributed by atoms with Crippen LogP contribution in [0.1, 0.15) is 4.88 Å². The lowest BCUT2D eigenvalue weighted by atomic mass is 9.86. The summed E-state index contributed by atoms with van der Waals surface area (Å²) in [5.74, 6) is -0.109. The zero-order chi connectivity index (χ0) is 12.3. The Hall–Kier alpha value is -0.430. The summed E-state index contributed by atoms with van der Waals surface area (Å²) in [6.07, 6.45) is 0.810. The van der Waals surface area contributed by atoms with Gasteiger partial charge in [0.1, 0.15) is 5.41 Å². The third kappa shape index (κ3) is 2.88. The van der Waals surface area contributed by atoms with Crippen LogP contribution in [0.25, 0.3) is 0 Å². The lowest BCUT2D eigenvalue weighted by Gasteiger charge is -2.38. The first-order valence-corrected chi connectivity index (χ1v) is 7.03. The molecular weight excluding hydrogens is 306 g/mol. The predicted molar refractivity (Wildman–Crippen MR) is 69.1 cm³/mol. The lowest BCUT2D eigenvalue weighted by molar-refractivity contribution is -0.169. The molecule has 94 valence electrons. The first kappa shape index (κ1) is 13.0. The molecule has 2 rings (SSSR count). The Morgan fingerprint density at radius 2 is 2.41 bits per heavy atom. The van der Waals surface area contributed by atoms with Gasteiger partial charge in [0.2, 0.25) is 5.91 Å². The number of carbonyl (C=O) groups excluding carboxylic acids is 1. The number of nitrogens with one attached hydrogen (secondary N) is 1. The van der Waals surface area contributed by atoms with Gasteiger partial charge in [0.25, 0.3) is 0 Å². The lowest BCUT2D eigenvalue weighted by Crippen LogP contribution is -2.56. The molecule has 0 radical (unpaired) electrons. The molecule has 0 aliphatic carbocycles. The van der Waals surface area contributed by atoms with Crippen LogP contribution in [0.3, 0.4) is 0 Å². The summed E-state index contributed by atoms with van der Waals surface area (Å²) in [7, 11) is 0. The van der Waals surface area contributed by atoms with Crippen LogP contribution >= 0.6 is 27.3 Å². The van der Waals surface area contributed by atoms with Crippen LogP contribution in [0.15, 0.2) is 15.9 Å². The first-order valence-electron chi connectivity index (χ1n) is 5.36. The van der Waals surface area contributed by atoms with Gasteiger partial charge in [0, 0.05) is 21.3 Å². The summed E-state index contributed by atoms with van der Waals surface area (Å²) in [4.78, 5) is 13.0. The van der Waals surface area contributed by atoms with E-state index in [1.807, 2.05) is 11.4 Å². The van der Waals surface area contributed by atoms with Crippen molar-refractivity contribution >= 4 is 33.2 Å². The van der Waals surface area contributed by atoms with Crippen LogP contribution in [0, 0.1) is 5.41 Å². The Balaban J connectivity index is 1.77. The van der Waals surface area contributed by atoms with Crippen molar-refractivity contribution in [2.24, 2.45) is 5.41 Å². The standard InChI is InChI=1S/C11H14BrNO3S/c12-8-3-9(17-4-8)1-2-13-10(15)11(5-14)6-16-7-11/h3-4,14H,1-2,5-7H2,(H,13,15). The third-order valence-corrected chi connectivity index (χ3v) is 4.58. The average Bonchev–Trinajstić information content (AvgIpc) is 2.63. The van der Waals surface area contributed by atoms with Crippen molar-refractivity contribution in [2.75, 3.05) is 26.4 Å². The van der Waals surface area contributed by atoms with Gasteiger partial charge < -0.3 is 15.2 Å². The van der Waals surface area contributed by atoms with Gasteiger partial charge in [0.15, 0.2) is 0 Å². The molecule has 0 atom stereocenters. The molecule has 0 bridgehead atoms. The van der Waals surface area contributed by atoms with E-state index in [0.29, 0.717) is 19.8 Å². The molecule has 6 heteroatoms. The quantitative estimate of drug-likeness (QED) is 0.856. The van der Waals surface area contributed by atoms with E-state index < -0.39 is 5.41 Å². The van der Waals surface area contributed by atoms with Gasteiger partial charge in [-0.25, -0.2) is 0 Å². The van der Waals surface area contributed by atoms with E-state index in [-0.39, 0.29) is 12.5 Å². The largest absolute Gasteiger partial charge is 0.395 e. The molecule has 0 aromatic carbocycles. The van der Waals surface area contributed by atoms with E-state index in [1.165, 1.54) is 4.88 Å². The van der Waals surface area contributed by atoms with Crippen molar-refractivity contribution < 1.29 is 14.6 Å². The SMILES string of the molecule is O=C(NCCc1cc(Br)cs1)C1(CO)COC1. The molecular formula is C11H14BrNO3S. The maximum absolute atomic E-state index is 11.8. The van der Waals surface area contributed by atoms with Crippen LogP contribution in [-0.2, 0) is 16.0 Å². The Bertz CT molecular complexity index is 398. The fraction of sp³-hybridized carbons (Fsp3) is 0.545. The van der Waals surface area contributed by atoms with Crippen molar-refractivity contribution in [3.8, 4) is 0 Å². The van der Waals surface area contributed by atoms with Gasteiger partial charge in [0.05, 0.1) is 19.8 Å². The van der Waals surface area contributed by atoms with Crippen LogP contribution in [-0.4, -0.2) is 37.4 Å². The molecule has 1 amide bonds. The minimum Gasteiger partial charge on any atom is -0.395 e. The molecule has 1 aliphatic heterocycles. The number of aliphatic hydroxyl groups is 1. The Morgan fingerprint density at radius 1 is 1.65 bits per heavy atom. The van der Waals surface area contributed by atoms with Crippen molar-refractivity contribution in [2.45, 2.75) is 6.42 Å². The summed E-state index contributed by atoms with van der Waals surface area (Å²) < 4.78 is 6.07. The highest BCUT2D eigenvalue weighted by molar-refractivity contribution is 9.10. The fourth-order valence-corrected chi connectivity index (χ4v) is 3.07. The van der Waals surface area contributed by atoms with Crippen molar-refractivity contribution in [1.82, 2.24) is 5.32 Å². The summed E-state index contributed by atoms with van der Waals surface area (Å²) in [6.45, 7) is 1.08. The van der Waals surface area contributed by atoms with Crippen molar-refractivity contribution in [3.05, 3.63) is 20.8 Å². The highest BCUT2D eigenvalue weighted by Gasteiger charge is 2.45.